The van der Waals surface area contributed by atoms with Crippen molar-refractivity contribution in [3.63, 3.8) is 0 Å². The molecule has 0 aliphatic carbocycles. The third-order valence-corrected chi connectivity index (χ3v) is 3.58. The second-order valence-electron chi connectivity index (χ2n) is 5.05. The van der Waals surface area contributed by atoms with Crippen LogP contribution in [0.1, 0.15) is 15.9 Å². The number of amides is 1. The Balaban J connectivity index is 1.86. The predicted molar refractivity (Wildman–Crippen MR) is 93.1 cm³/mol. The number of halogens is 1. The van der Waals surface area contributed by atoms with Gasteiger partial charge in [0.05, 0.1) is 14.2 Å². The van der Waals surface area contributed by atoms with Gasteiger partial charge in [-0.25, -0.2) is 4.79 Å². The first-order valence-electron chi connectivity index (χ1n) is 7.43. The maximum absolute atomic E-state index is 12.1. The minimum absolute atomic E-state index is 0.201. The number of hydrogen-bond acceptors (Lipinski definition) is 5. The highest BCUT2D eigenvalue weighted by Gasteiger charge is 2.15. The molecule has 0 aliphatic rings. The lowest BCUT2D eigenvalue weighted by Gasteiger charge is -2.10. The topological polar surface area (TPSA) is 73.9 Å². The highest BCUT2D eigenvalue weighted by Crippen LogP contribution is 2.23. The summed E-state index contributed by atoms with van der Waals surface area (Å²) in [6, 6.07) is 11.8. The Morgan fingerprint density at radius 3 is 2.60 bits per heavy atom. The molecule has 6 nitrogen and oxygen atoms in total. The first-order chi connectivity index (χ1) is 12.0. The quantitative estimate of drug-likeness (QED) is 0.766. The first kappa shape index (κ1) is 18.6. The summed E-state index contributed by atoms with van der Waals surface area (Å²) in [4.78, 5) is 23.9. The molecular formula is C18H18ClNO5. The van der Waals surface area contributed by atoms with Crippen molar-refractivity contribution in [2.24, 2.45) is 0 Å². The fourth-order valence-corrected chi connectivity index (χ4v) is 2.24. The minimum Gasteiger partial charge on any atom is -0.497 e. The summed E-state index contributed by atoms with van der Waals surface area (Å²) in [5.41, 5.74) is 1.07. The van der Waals surface area contributed by atoms with Crippen molar-refractivity contribution in [2.45, 2.75) is 6.54 Å². The Morgan fingerprint density at radius 2 is 1.88 bits per heavy atom. The van der Waals surface area contributed by atoms with E-state index >= 15 is 0 Å². The Bertz CT molecular complexity index is 763. The third kappa shape index (κ3) is 5.39. The maximum atomic E-state index is 12.1. The molecule has 1 N–H and O–H groups in total. The molecule has 0 aliphatic heterocycles. The number of benzene rings is 2. The molecule has 0 heterocycles. The van der Waals surface area contributed by atoms with Crippen LogP contribution in [0.3, 0.4) is 0 Å². The number of carbonyl (C=O) groups excluding carboxylic acids is 2. The van der Waals surface area contributed by atoms with Gasteiger partial charge in [0.1, 0.15) is 17.1 Å². The fraction of sp³-hybridized carbons (Fsp3) is 0.222. The average molecular weight is 364 g/mol. The molecule has 2 aromatic carbocycles. The molecule has 0 radical (unpaired) electrons. The van der Waals surface area contributed by atoms with Gasteiger partial charge in [0.2, 0.25) is 0 Å². The van der Waals surface area contributed by atoms with Crippen LogP contribution in [0, 0.1) is 0 Å². The van der Waals surface area contributed by atoms with Crippen LogP contribution in [0.5, 0.6) is 11.5 Å². The van der Waals surface area contributed by atoms with Gasteiger partial charge in [0, 0.05) is 11.6 Å². The normalized spacial score (nSPS) is 10.0. The van der Waals surface area contributed by atoms with Gasteiger partial charge in [0.25, 0.3) is 5.91 Å². The van der Waals surface area contributed by atoms with Crippen LogP contribution >= 0.6 is 11.6 Å². The van der Waals surface area contributed by atoms with Gasteiger partial charge in [0.15, 0.2) is 6.61 Å². The van der Waals surface area contributed by atoms with E-state index in [0.717, 1.165) is 5.56 Å². The standard InChI is InChI=1S/C18H18ClNO5/c1-23-14-5-3-4-12(8-14)10-20-17(21)11-25-18(22)15-7-6-13(19)9-16(15)24-2/h3-9H,10-11H2,1-2H3,(H,20,21). The summed E-state index contributed by atoms with van der Waals surface area (Å²) in [6.45, 7) is -0.0908. The Morgan fingerprint density at radius 1 is 1.08 bits per heavy atom. The van der Waals surface area contributed by atoms with E-state index in [4.69, 9.17) is 25.8 Å². The Kier molecular flexibility index (Phi) is 6.65. The van der Waals surface area contributed by atoms with Crippen LogP contribution in [-0.4, -0.2) is 32.7 Å². The molecular weight excluding hydrogens is 346 g/mol. The molecule has 25 heavy (non-hydrogen) atoms. The van der Waals surface area contributed by atoms with Gasteiger partial charge < -0.3 is 19.5 Å². The highest BCUT2D eigenvalue weighted by atomic mass is 35.5. The molecule has 0 saturated carbocycles. The smallest absolute Gasteiger partial charge is 0.342 e. The van der Waals surface area contributed by atoms with Crippen LogP contribution in [0.4, 0.5) is 0 Å². The van der Waals surface area contributed by atoms with Crippen molar-refractivity contribution < 1.29 is 23.8 Å². The highest BCUT2D eigenvalue weighted by molar-refractivity contribution is 6.30. The van der Waals surface area contributed by atoms with Gasteiger partial charge in [-0.05, 0) is 35.9 Å². The summed E-state index contributed by atoms with van der Waals surface area (Å²) in [5, 5.41) is 3.11. The molecule has 0 atom stereocenters. The van der Waals surface area contributed by atoms with Crippen molar-refractivity contribution in [1.29, 1.82) is 0 Å². The Hall–Kier alpha value is -2.73. The number of nitrogens with one attached hydrogen (secondary N) is 1. The first-order valence-corrected chi connectivity index (χ1v) is 7.81. The minimum atomic E-state index is -0.662. The van der Waals surface area contributed by atoms with Gasteiger partial charge in [-0.2, -0.15) is 0 Å². The zero-order valence-electron chi connectivity index (χ0n) is 13.9. The van der Waals surface area contributed by atoms with E-state index in [-0.39, 0.29) is 11.3 Å². The average Bonchev–Trinajstić information content (AvgIpc) is 2.64. The van der Waals surface area contributed by atoms with E-state index < -0.39 is 18.5 Å². The fourth-order valence-electron chi connectivity index (χ4n) is 2.08. The molecule has 0 bridgehead atoms. The van der Waals surface area contributed by atoms with Gasteiger partial charge in [-0.3, -0.25) is 4.79 Å². The van der Waals surface area contributed by atoms with Crippen molar-refractivity contribution in [1.82, 2.24) is 5.32 Å². The Labute approximate surface area is 150 Å². The van der Waals surface area contributed by atoms with Crippen LogP contribution < -0.4 is 14.8 Å². The van der Waals surface area contributed by atoms with E-state index in [2.05, 4.69) is 5.32 Å². The summed E-state index contributed by atoms with van der Waals surface area (Å²) in [5.74, 6) is -0.0866. The molecule has 0 fully saturated rings. The second kappa shape index (κ2) is 8.94. The van der Waals surface area contributed by atoms with Crippen molar-refractivity contribution in [2.75, 3.05) is 20.8 Å². The lowest BCUT2D eigenvalue weighted by atomic mass is 10.2. The summed E-state index contributed by atoms with van der Waals surface area (Å²) < 4.78 is 15.2. The monoisotopic (exact) mass is 363 g/mol. The van der Waals surface area contributed by atoms with Gasteiger partial charge in [-0.1, -0.05) is 23.7 Å². The third-order valence-electron chi connectivity index (χ3n) is 3.34. The molecule has 132 valence electrons. The molecule has 0 aromatic heterocycles. The molecule has 0 unspecified atom stereocenters. The summed E-state index contributed by atoms with van der Waals surface area (Å²) in [7, 11) is 2.99. The number of hydrogen-bond donors (Lipinski definition) is 1. The summed E-state index contributed by atoms with van der Waals surface area (Å²) in [6.07, 6.45) is 0. The van der Waals surface area contributed by atoms with Crippen LogP contribution in [0.2, 0.25) is 5.02 Å². The molecule has 2 rings (SSSR count). The van der Waals surface area contributed by atoms with E-state index in [1.807, 2.05) is 24.3 Å². The number of esters is 1. The number of rotatable bonds is 7. The van der Waals surface area contributed by atoms with E-state index in [0.29, 0.717) is 17.3 Å². The predicted octanol–water partition coefficient (Wildman–Crippen LogP) is 2.83. The second-order valence-corrected chi connectivity index (χ2v) is 5.49. The molecule has 0 spiro atoms. The van der Waals surface area contributed by atoms with Crippen molar-refractivity contribution in [3.8, 4) is 11.5 Å². The number of ether oxygens (including phenoxy) is 3. The van der Waals surface area contributed by atoms with Crippen molar-refractivity contribution >= 4 is 23.5 Å². The van der Waals surface area contributed by atoms with Gasteiger partial charge in [-0.15, -0.1) is 0 Å². The maximum Gasteiger partial charge on any atom is 0.342 e. The molecule has 0 saturated heterocycles. The van der Waals surface area contributed by atoms with E-state index in [1.165, 1.54) is 19.2 Å². The largest absolute Gasteiger partial charge is 0.497 e. The molecule has 7 heteroatoms. The zero-order valence-corrected chi connectivity index (χ0v) is 14.6. The molecule has 2 aromatic rings. The van der Waals surface area contributed by atoms with E-state index in [1.54, 1.807) is 13.2 Å². The lowest BCUT2D eigenvalue weighted by Crippen LogP contribution is -2.28. The van der Waals surface area contributed by atoms with Gasteiger partial charge >= 0.3 is 5.97 Å². The SMILES string of the molecule is COc1cccc(CNC(=O)COC(=O)c2ccc(Cl)cc2OC)c1. The van der Waals surface area contributed by atoms with E-state index in [9.17, 15) is 9.59 Å². The lowest BCUT2D eigenvalue weighted by molar-refractivity contribution is -0.124. The van der Waals surface area contributed by atoms with Crippen LogP contribution in [0.25, 0.3) is 0 Å². The number of carbonyl (C=O) groups is 2. The summed E-state index contributed by atoms with van der Waals surface area (Å²) >= 11 is 5.84. The van der Waals surface area contributed by atoms with Crippen molar-refractivity contribution in [3.05, 3.63) is 58.6 Å². The molecule has 1 amide bonds. The van der Waals surface area contributed by atoms with Crippen LogP contribution in [-0.2, 0) is 16.1 Å². The zero-order chi connectivity index (χ0) is 18.2. The number of methoxy groups -OCH3 is 2. The van der Waals surface area contributed by atoms with Crippen LogP contribution in [0.15, 0.2) is 42.5 Å².